The molecule has 9 heteroatoms. The lowest BCUT2D eigenvalue weighted by atomic mass is 10.2. The highest BCUT2D eigenvalue weighted by Crippen LogP contribution is 2.31. The van der Waals surface area contributed by atoms with Gasteiger partial charge in [-0.05, 0) is 37.3 Å². The van der Waals surface area contributed by atoms with Gasteiger partial charge in [0.25, 0.3) is 5.91 Å². The first-order chi connectivity index (χ1) is 13.8. The Balaban J connectivity index is 1.51. The van der Waals surface area contributed by atoms with Crippen LogP contribution in [0.2, 0.25) is 5.02 Å². The number of nitrogens with zero attached hydrogens (tertiary/aromatic N) is 2. The van der Waals surface area contributed by atoms with Crippen LogP contribution in [-0.2, 0) is 23.0 Å². The van der Waals surface area contributed by atoms with Gasteiger partial charge < -0.3 is 0 Å². The molecule has 0 aliphatic carbocycles. The van der Waals surface area contributed by atoms with Gasteiger partial charge in [0, 0.05) is 28.4 Å². The summed E-state index contributed by atoms with van der Waals surface area (Å²) in [7, 11) is -3.57. The number of aryl methyl sites for hydroxylation is 1. The number of hydrogen-bond donors (Lipinski definition) is 1. The summed E-state index contributed by atoms with van der Waals surface area (Å²) in [6.07, 6.45) is 0.504. The van der Waals surface area contributed by atoms with Crippen molar-refractivity contribution < 1.29 is 13.2 Å². The largest absolute Gasteiger partial charge is 0.298 e. The van der Waals surface area contributed by atoms with Crippen molar-refractivity contribution in [3.63, 3.8) is 0 Å². The lowest BCUT2D eigenvalue weighted by Crippen LogP contribution is -2.35. The number of aromatic nitrogens is 1. The molecular weight excluding hydrogens is 430 g/mol. The molecule has 2 heterocycles. The second-order valence-electron chi connectivity index (χ2n) is 6.76. The molecule has 0 radical (unpaired) electrons. The predicted molar refractivity (Wildman–Crippen MR) is 114 cm³/mol. The number of halogens is 1. The molecule has 0 bridgehead atoms. The van der Waals surface area contributed by atoms with Crippen LogP contribution in [0.25, 0.3) is 0 Å². The van der Waals surface area contributed by atoms with Gasteiger partial charge in [-0.1, -0.05) is 35.4 Å². The van der Waals surface area contributed by atoms with Crippen LogP contribution in [0, 0.1) is 6.92 Å². The average molecular weight is 448 g/mol. The fraction of sp³-hybridized carbons (Fsp3) is 0.200. The maximum atomic E-state index is 12.9. The molecule has 1 aromatic heterocycles. The molecule has 0 unspecified atom stereocenters. The molecule has 0 saturated heterocycles. The van der Waals surface area contributed by atoms with E-state index in [0.29, 0.717) is 28.7 Å². The molecule has 1 aliphatic rings. The standard InChI is InChI=1S/C20H18ClN3O3S2/c1-13-5-7-16(8-6-13)29(26,27)24-10-9-17-18(12-24)28-20(22-17)23-19(25)14-3-2-4-15(21)11-14/h2-8,11H,9-10,12H2,1H3,(H,22,23,25). The third kappa shape index (κ3) is 4.20. The van der Waals surface area contributed by atoms with Crippen molar-refractivity contribution in [2.24, 2.45) is 0 Å². The smallest absolute Gasteiger partial charge is 0.257 e. The van der Waals surface area contributed by atoms with Gasteiger partial charge in [0.05, 0.1) is 17.1 Å². The van der Waals surface area contributed by atoms with Crippen LogP contribution in [0.5, 0.6) is 0 Å². The minimum absolute atomic E-state index is 0.246. The Kier molecular flexibility index (Phi) is 5.44. The Morgan fingerprint density at radius 1 is 1.21 bits per heavy atom. The third-order valence-corrected chi connectivity index (χ3v) is 7.75. The topological polar surface area (TPSA) is 79.4 Å². The second-order valence-corrected chi connectivity index (χ2v) is 10.2. The fourth-order valence-electron chi connectivity index (χ4n) is 3.09. The minimum Gasteiger partial charge on any atom is -0.298 e. The highest BCUT2D eigenvalue weighted by molar-refractivity contribution is 7.89. The van der Waals surface area contributed by atoms with Crippen molar-refractivity contribution in [1.82, 2.24) is 9.29 Å². The van der Waals surface area contributed by atoms with Gasteiger partial charge in [-0.25, -0.2) is 13.4 Å². The van der Waals surface area contributed by atoms with Gasteiger partial charge in [-0.15, -0.1) is 11.3 Å². The van der Waals surface area contributed by atoms with E-state index in [0.717, 1.165) is 16.1 Å². The van der Waals surface area contributed by atoms with E-state index in [4.69, 9.17) is 11.6 Å². The molecule has 1 amide bonds. The van der Waals surface area contributed by atoms with E-state index in [2.05, 4.69) is 10.3 Å². The summed E-state index contributed by atoms with van der Waals surface area (Å²) in [5, 5.41) is 3.71. The van der Waals surface area contributed by atoms with E-state index in [1.165, 1.54) is 15.6 Å². The Hall–Kier alpha value is -2.26. The maximum Gasteiger partial charge on any atom is 0.257 e. The third-order valence-electron chi connectivity index (χ3n) is 4.66. The summed E-state index contributed by atoms with van der Waals surface area (Å²) < 4.78 is 27.3. The predicted octanol–water partition coefficient (Wildman–Crippen LogP) is 4.10. The molecule has 0 spiro atoms. The Morgan fingerprint density at radius 3 is 2.69 bits per heavy atom. The number of anilines is 1. The molecule has 29 heavy (non-hydrogen) atoms. The molecule has 0 saturated carbocycles. The van der Waals surface area contributed by atoms with E-state index in [9.17, 15) is 13.2 Å². The Bertz CT molecular complexity index is 1170. The van der Waals surface area contributed by atoms with E-state index in [-0.39, 0.29) is 17.3 Å². The summed E-state index contributed by atoms with van der Waals surface area (Å²) in [5.74, 6) is -0.303. The zero-order chi connectivity index (χ0) is 20.6. The monoisotopic (exact) mass is 447 g/mol. The maximum absolute atomic E-state index is 12.9. The highest BCUT2D eigenvalue weighted by atomic mass is 35.5. The molecule has 3 aromatic rings. The second kappa shape index (κ2) is 7.87. The van der Waals surface area contributed by atoms with E-state index in [1.807, 2.05) is 6.92 Å². The number of nitrogens with one attached hydrogen (secondary N) is 1. The van der Waals surface area contributed by atoms with Gasteiger partial charge in [-0.3, -0.25) is 10.1 Å². The number of hydrogen-bond acceptors (Lipinski definition) is 5. The van der Waals surface area contributed by atoms with Crippen molar-refractivity contribution in [3.8, 4) is 0 Å². The van der Waals surface area contributed by atoms with E-state index in [1.54, 1.807) is 48.5 Å². The Labute approximate surface area is 178 Å². The first-order valence-electron chi connectivity index (χ1n) is 8.95. The number of rotatable bonds is 4. The molecule has 1 aliphatic heterocycles. The van der Waals surface area contributed by atoms with Crippen molar-refractivity contribution in [3.05, 3.63) is 75.3 Å². The quantitative estimate of drug-likeness (QED) is 0.652. The van der Waals surface area contributed by atoms with Gasteiger partial charge >= 0.3 is 0 Å². The number of benzene rings is 2. The van der Waals surface area contributed by atoms with Crippen LogP contribution >= 0.6 is 22.9 Å². The number of thiazole rings is 1. The van der Waals surface area contributed by atoms with Crippen LogP contribution < -0.4 is 5.32 Å². The minimum atomic E-state index is -3.57. The zero-order valence-corrected chi connectivity index (χ0v) is 17.9. The van der Waals surface area contributed by atoms with Gasteiger partial charge in [-0.2, -0.15) is 4.31 Å². The molecule has 1 N–H and O–H groups in total. The molecule has 4 rings (SSSR count). The summed E-state index contributed by atoms with van der Waals surface area (Å²) in [4.78, 5) is 18.0. The van der Waals surface area contributed by atoms with Gasteiger partial charge in [0.1, 0.15) is 0 Å². The van der Waals surface area contributed by atoms with Crippen LogP contribution in [0.15, 0.2) is 53.4 Å². The normalized spacial score (nSPS) is 14.4. The lowest BCUT2D eigenvalue weighted by molar-refractivity contribution is 0.102. The summed E-state index contributed by atoms with van der Waals surface area (Å²) >= 11 is 7.23. The fourth-order valence-corrected chi connectivity index (χ4v) is 5.79. The number of carbonyl (C=O) groups is 1. The van der Waals surface area contributed by atoms with Crippen molar-refractivity contribution in [2.45, 2.75) is 24.8 Å². The molecule has 150 valence electrons. The SMILES string of the molecule is Cc1ccc(S(=O)(=O)N2CCc3nc(NC(=O)c4cccc(Cl)c4)sc3C2)cc1. The Morgan fingerprint density at radius 2 is 1.97 bits per heavy atom. The van der Waals surface area contributed by atoms with Crippen molar-refractivity contribution >= 4 is 44.0 Å². The van der Waals surface area contributed by atoms with Crippen LogP contribution in [-0.4, -0.2) is 30.2 Å². The zero-order valence-electron chi connectivity index (χ0n) is 15.6. The van der Waals surface area contributed by atoms with Crippen molar-refractivity contribution in [1.29, 1.82) is 0 Å². The number of amides is 1. The molecule has 0 atom stereocenters. The average Bonchev–Trinajstić information content (AvgIpc) is 3.09. The number of fused-ring (bicyclic) bond motifs is 1. The van der Waals surface area contributed by atoms with Crippen LogP contribution in [0.1, 0.15) is 26.5 Å². The van der Waals surface area contributed by atoms with Crippen molar-refractivity contribution in [2.75, 3.05) is 11.9 Å². The number of sulfonamides is 1. The first-order valence-corrected chi connectivity index (χ1v) is 11.6. The highest BCUT2D eigenvalue weighted by Gasteiger charge is 2.30. The molecular formula is C20H18ClN3O3S2. The first kappa shape index (κ1) is 20.0. The van der Waals surface area contributed by atoms with E-state index < -0.39 is 10.0 Å². The van der Waals surface area contributed by atoms with Crippen LogP contribution in [0.4, 0.5) is 5.13 Å². The lowest BCUT2D eigenvalue weighted by Gasteiger charge is -2.25. The molecule has 0 fully saturated rings. The molecule has 6 nitrogen and oxygen atoms in total. The van der Waals surface area contributed by atoms with E-state index >= 15 is 0 Å². The molecule has 2 aromatic carbocycles. The summed E-state index contributed by atoms with van der Waals surface area (Å²) in [5.41, 5.74) is 2.27. The van der Waals surface area contributed by atoms with Crippen LogP contribution in [0.3, 0.4) is 0 Å². The number of carbonyl (C=O) groups excluding carboxylic acids is 1. The summed E-state index contributed by atoms with van der Waals surface area (Å²) in [6.45, 7) is 2.52. The summed E-state index contributed by atoms with van der Waals surface area (Å²) in [6, 6.07) is 13.5. The van der Waals surface area contributed by atoms with Gasteiger partial charge in [0.15, 0.2) is 5.13 Å². The van der Waals surface area contributed by atoms with Gasteiger partial charge in [0.2, 0.25) is 10.0 Å².